The van der Waals surface area contributed by atoms with Crippen molar-refractivity contribution in [1.29, 1.82) is 0 Å². The van der Waals surface area contributed by atoms with Crippen LogP contribution in [0.5, 0.6) is 0 Å². The van der Waals surface area contributed by atoms with Crippen molar-refractivity contribution < 1.29 is 9.59 Å². The van der Waals surface area contributed by atoms with Crippen LogP contribution < -0.4 is 0 Å². The van der Waals surface area contributed by atoms with Gasteiger partial charge in [0.15, 0.2) is 0 Å². The molecule has 4 nitrogen and oxygen atoms in total. The van der Waals surface area contributed by atoms with Gasteiger partial charge in [0.2, 0.25) is 5.91 Å². The molecule has 5 heteroatoms. The first-order valence-corrected chi connectivity index (χ1v) is 5.95. The first-order chi connectivity index (χ1) is 6.77. The Morgan fingerprint density at radius 3 is 2.57 bits per heavy atom. The second-order valence-corrected chi connectivity index (χ2v) is 4.67. The van der Waals surface area contributed by atoms with Gasteiger partial charge in [-0.25, -0.2) is 0 Å². The highest BCUT2D eigenvalue weighted by atomic mass is 32.2. The fourth-order valence-electron chi connectivity index (χ4n) is 1.80. The molecule has 2 aliphatic heterocycles. The van der Waals surface area contributed by atoms with Crippen molar-refractivity contribution in [2.75, 3.05) is 31.9 Å². The van der Waals surface area contributed by atoms with Crippen molar-refractivity contribution >= 4 is 22.9 Å². The molecule has 0 spiro atoms. The first kappa shape index (κ1) is 9.83. The van der Waals surface area contributed by atoms with E-state index in [2.05, 4.69) is 0 Å². The van der Waals surface area contributed by atoms with Crippen molar-refractivity contribution in [2.24, 2.45) is 0 Å². The van der Waals surface area contributed by atoms with E-state index < -0.39 is 0 Å². The van der Waals surface area contributed by atoms with Crippen LogP contribution >= 0.6 is 11.8 Å². The molecule has 0 aromatic rings. The van der Waals surface area contributed by atoms with Gasteiger partial charge in [0.1, 0.15) is 6.54 Å². The van der Waals surface area contributed by atoms with Crippen molar-refractivity contribution in [3.8, 4) is 0 Å². The summed E-state index contributed by atoms with van der Waals surface area (Å²) in [6.07, 6.45) is 2.21. The quantitative estimate of drug-likeness (QED) is 0.682. The molecule has 0 unspecified atom stereocenters. The Hall–Kier alpha value is -0.710. The SMILES string of the molecule is O=C(CN1CCSC1=O)N1CCCC1. The minimum atomic E-state index is 0.0533. The molecule has 2 aliphatic rings. The zero-order chi connectivity index (χ0) is 9.97. The summed E-state index contributed by atoms with van der Waals surface area (Å²) in [5, 5.41) is 0.0533. The summed E-state index contributed by atoms with van der Waals surface area (Å²) in [5.74, 6) is 0.935. The first-order valence-electron chi connectivity index (χ1n) is 4.97. The van der Waals surface area contributed by atoms with E-state index in [9.17, 15) is 9.59 Å². The Balaban J connectivity index is 1.84. The largest absolute Gasteiger partial charge is 0.341 e. The second kappa shape index (κ2) is 4.21. The number of carbonyl (C=O) groups is 2. The molecule has 2 fully saturated rings. The third kappa shape index (κ3) is 2.03. The zero-order valence-corrected chi connectivity index (χ0v) is 8.89. The molecule has 2 saturated heterocycles. The summed E-state index contributed by atoms with van der Waals surface area (Å²) in [4.78, 5) is 26.4. The molecule has 0 aromatic heterocycles. The van der Waals surface area contributed by atoms with Crippen LogP contribution in [0.1, 0.15) is 12.8 Å². The van der Waals surface area contributed by atoms with Gasteiger partial charge in [0.25, 0.3) is 5.24 Å². The zero-order valence-electron chi connectivity index (χ0n) is 8.07. The van der Waals surface area contributed by atoms with E-state index in [4.69, 9.17) is 0 Å². The van der Waals surface area contributed by atoms with Crippen molar-refractivity contribution in [2.45, 2.75) is 12.8 Å². The molecular weight excluding hydrogens is 200 g/mol. The lowest BCUT2D eigenvalue weighted by Crippen LogP contribution is -2.38. The Bertz CT molecular complexity index is 251. The minimum Gasteiger partial charge on any atom is -0.341 e. The average molecular weight is 214 g/mol. The maximum Gasteiger partial charge on any atom is 0.282 e. The van der Waals surface area contributed by atoms with Gasteiger partial charge in [-0.2, -0.15) is 0 Å². The van der Waals surface area contributed by atoms with E-state index in [0.29, 0.717) is 0 Å². The number of rotatable bonds is 2. The Morgan fingerprint density at radius 2 is 2.00 bits per heavy atom. The predicted molar refractivity (Wildman–Crippen MR) is 55.2 cm³/mol. The molecule has 2 heterocycles. The van der Waals surface area contributed by atoms with Crippen LogP contribution in [0.4, 0.5) is 4.79 Å². The minimum absolute atomic E-state index is 0.0533. The van der Waals surface area contributed by atoms with Gasteiger partial charge >= 0.3 is 0 Å². The van der Waals surface area contributed by atoms with Gasteiger partial charge < -0.3 is 9.80 Å². The molecule has 0 aliphatic carbocycles. The summed E-state index contributed by atoms with van der Waals surface area (Å²) < 4.78 is 0. The van der Waals surface area contributed by atoms with Crippen molar-refractivity contribution in [1.82, 2.24) is 9.80 Å². The highest BCUT2D eigenvalue weighted by Crippen LogP contribution is 2.17. The molecule has 0 saturated carbocycles. The molecule has 0 aromatic carbocycles. The number of hydrogen-bond donors (Lipinski definition) is 0. The van der Waals surface area contributed by atoms with E-state index in [1.54, 1.807) is 4.90 Å². The van der Waals surface area contributed by atoms with Crippen LogP contribution in [-0.2, 0) is 4.79 Å². The van der Waals surface area contributed by atoms with E-state index in [1.807, 2.05) is 4.90 Å². The van der Waals surface area contributed by atoms with Crippen LogP contribution in [0.2, 0.25) is 0 Å². The third-order valence-electron chi connectivity index (χ3n) is 2.63. The molecular formula is C9H14N2O2S. The highest BCUT2D eigenvalue weighted by molar-refractivity contribution is 8.13. The van der Waals surface area contributed by atoms with Crippen LogP contribution in [0.3, 0.4) is 0 Å². The third-order valence-corrected chi connectivity index (χ3v) is 3.52. The predicted octanol–water partition coefficient (Wildman–Crippen LogP) is 0.778. The van der Waals surface area contributed by atoms with E-state index >= 15 is 0 Å². The number of amides is 2. The van der Waals surface area contributed by atoms with Gasteiger partial charge in [-0.3, -0.25) is 9.59 Å². The number of carbonyl (C=O) groups excluding carboxylic acids is 2. The monoisotopic (exact) mass is 214 g/mol. The highest BCUT2D eigenvalue weighted by Gasteiger charge is 2.26. The number of likely N-dealkylation sites (tertiary alicyclic amines) is 1. The van der Waals surface area contributed by atoms with Gasteiger partial charge in [0, 0.05) is 25.4 Å². The summed E-state index contributed by atoms with van der Waals surface area (Å²) in [6, 6.07) is 0. The van der Waals surface area contributed by atoms with E-state index in [-0.39, 0.29) is 17.7 Å². The second-order valence-electron chi connectivity index (χ2n) is 3.62. The lowest BCUT2D eigenvalue weighted by Gasteiger charge is -2.19. The standard InChI is InChI=1S/C9H14N2O2S/c12-8(10-3-1-2-4-10)7-11-5-6-14-9(11)13/h1-7H2. The molecule has 0 bridgehead atoms. The topological polar surface area (TPSA) is 40.6 Å². The fourth-order valence-corrected chi connectivity index (χ4v) is 2.62. The van der Waals surface area contributed by atoms with Crippen molar-refractivity contribution in [3.05, 3.63) is 0 Å². The maximum atomic E-state index is 11.7. The van der Waals surface area contributed by atoms with Gasteiger partial charge in [-0.05, 0) is 12.8 Å². The number of hydrogen-bond acceptors (Lipinski definition) is 3. The van der Waals surface area contributed by atoms with E-state index in [1.165, 1.54) is 11.8 Å². The average Bonchev–Trinajstić information content (AvgIpc) is 2.77. The number of thioether (sulfide) groups is 1. The van der Waals surface area contributed by atoms with Crippen LogP contribution in [-0.4, -0.2) is 52.9 Å². The maximum absolute atomic E-state index is 11.7. The van der Waals surface area contributed by atoms with Crippen LogP contribution in [0.25, 0.3) is 0 Å². The summed E-state index contributed by atoms with van der Waals surface area (Å²) in [5.41, 5.74) is 0. The van der Waals surface area contributed by atoms with Gasteiger partial charge in [0.05, 0.1) is 0 Å². The fraction of sp³-hybridized carbons (Fsp3) is 0.778. The summed E-state index contributed by atoms with van der Waals surface area (Å²) in [6.45, 7) is 2.75. The Morgan fingerprint density at radius 1 is 1.29 bits per heavy atom. The lowest BCUT2D eigenvalue weighted by atomic mass is 10.4. The summed E-state index contributed by atoms with van der Waals surface area (Å²) >= 11 is 1.31. The Labute approximate surface area is 87.6 Å². The number of nitrogens with zero attached hydrogens (tertiary/aromatic N) is 2. The van der Waals surface area contributed by atoms with Gasteiger partial charge in [-0.1, -0.05) is 11.8 Å². The molecule has 0 atom stereocenters. The smallest absolute Gasteiger partial charge is 0.282 e. The van der Waals surface area contributed by atoms with E-state index in [0.717, 1.165) is 38.2 Å². The molecule has 0 radical (unpaired) electrons. The Kier molecular flexibility index (Phi) is 2.96. The van der Waals surface area contributed by atoms with Crippen LogP contribution in [0, 0.1) is 0 Å². The molecule has 14 heavy (non-hydrogen) atoms. The molecule has 78 valence electrons. The molecule has 2 amide bonds. The van der Waals surface area contributed by atoms with Crippen molar-refractivity contribution in [3.63, 3.8) is 0 Å². The summed E-state index contributed by atoms with van der Waals surface area (Å²) in [7, 11) is 0. The molecule has 2 rings (SSSR count). The normalized spacial score (nSPS) is 22.1. The lowest BCUT2D eigenvalue weighted by molar-refractivity contribution is -0.130. The molecule has 0 N–H and O–H groups in total. The van der Waals surface area contributed by atoms with Gasteiger partial charge in [-0.15, -0.1) is 0 Å². The van der Waals surface area contributed by atoms with Crippen LogP contribution in [0.15, 0.2) is 0 Å².